The zero-order chi connectivity index (χ0) is 23.5. The molecule has 174 valence electrons. The van der Waals surface area contributed by atoms with E-state index in [1.54, 1.807) is 13.8 Å². The molecule has 1 fully saturated rings. The van der Waals surface area contributed by atoms with E-state index in [0.29, 0.717) is 12.8 Å². The number of nitrogens with one attached hydrogen (secondary N) is 2. The molecule has 0 heterocycles. The van der Waals surface area contributed by atoms with Gasteiger partial charge in [-0.05, 0) is 41.0 Å². The van der Waals surface area contributed by atoms with Gasteiger partial charge in [0.25, 0.3) is 0 Å². The third-order valence-corrected chi connectivity index (χ3v) is 6.73. The molecule has 3 N–H and O–H groups in total. The lowest BCUT2D eigenvalue weighted by Gasteiger charge is -2.24. The number of benzene rings is 2. The summed E-state index contributed by atoms with van der Waals surface area (Å²) in [6, 6.07) is 14.9. The Morgan fingerprint density at radius 1 is 1.00 bits per heavy atom. The second-order valence-electron chi connectivity index (χ2n) is 9.18. The first kappa shape index (κ1) is 22.8. The summed E-state index contributed by atoms with van der Waals surface area (Å²) in [7, 11) is 0. The molecule has 33 heavy (non-hydrogen) atoms. The second-order valence-corrected chi connectivity index (χ2v) is 9.18. The average Bonchev–Trinajstić information content (AvgIpc) is 3.38. The van der Waals surface area contributed by atoms with Crippen LogP contribution in [0.2, 0.25) is 0 Å². The summed E-state index contributed by atoms with van der Waals surface area (Å²) in [5, 5.41) is 14.8. The van der Waals surface area contributed by atoms with Gasteiger partial charge in [-0.1, -0.05) is 68.8 Å². The van der Waals surface area contributed by atoms with Crippen molar-refractivity contribution in [1.29, 1.82) is 0 Å². The van der Waals surface area contributed by atoms with Crippen molar-refractivity contribution in [3.05, 3.63) is 59.7 Å². The molecule has 0 unspecified atom stereocenters. The van der Waals surface area contributed by atoms with Gasteiger partial charge in [0.2, 0.25) is 5.91 Å². The number of carboxylic acids is 1. The molecule has 0 aromatic heterocycles. The molecule has 2 aliphatic carbocycles. The van der Waals surface area contributed by atoms with E-state index in [1.807, 2.05) is 24.3 Å². The quantitative estimate of drug-likeness (QED) is 0.593. The minimum Gasteiger partial charge on any atom is -0.480 e. The number of ether oxygens (including phenoxy) is 1. The van der Waals surface area contributed by atoms with Crippen molar-refractivity contribution < 1.29 is 24.2 Å². The van der Waals surface area contributed by atoms with E-state index >= 15 is 0 Å². The SMILES string of the molecule is CC(C)[C@@H](NC(=O)[C@@H]1CCC[C@@H]1NC(=O)OCC1c2ccccc2-c2ccccc21)C(=O)O. The summed E-state index contributed by atoms with van der Waals surface area (Å²) in [5.41, 5.74) is 4.59. The second kappa shape index (κ2) is 9.65. The largest absolute Gasteiger partial charge is 0.480 e. The number of hydrogen-bond acceptors (Lipinski definition) is 4. The minimum atomic E-state index is -1.06. The molecule has 0 saturated heterocycles. The topological polar surface area (TPSA) is 105 Å². The number of rotatable bonds is 7. The van der Waals surface area contributed by atoms with Crippen LogP contribution in [-0.4, -0.2) is 41.8 Å². The van der Waals surface area contributed by atoms with Gasteiger partial charge in [-0.25, -0.2) is 9.59 Å². The normalized spacial score (nSPS) is 20.1. The van der Waals surface area contributed by atoms with Crippen LogP contribution in [0.4, 0.5) is 4.79 Å². The summed E-state index contributed by atoms with van der Waals surface area (Å²) < 4.78 is 5.61. The highest BCUT2D eigenvalue weighted by Crippen LogP contribution is 2.44. The number of fused-ring (bicyclic) bond motifs is 3. The van der Waals surface area contributed by atoms with E-state index in [0.717, 1.165) is 28.7 Å². The molecule has 2 aromatic rings. The summed E-state index contributed by atoms with van der Waals surface area (Å²) in [4.78, 5) is 36.8. The zero-order valence-electron chi connectivity index (χ0n) is 18.9. The fourth-order valence-electron chi connectivity index (χ4n) is 5.01. The van der Waals surface area contributed by atoms with Crippen LogP contribution in [-0.2, 0) is 14.3 Å². The molecule has 0 bridgehead atoms. The van der Waals surface area contributed by atoms with Crippen molar-refractivity contribution in [3.8, 4) is 11.1 Å². The van der Waals surface area contributed by atoms with Gasteiger partial charge in [-0.2, -0.15) is 0 Å². The third-order valence-electron chi connectivity index (χ3n) is 6.73. The molecule has 0 aliphatic heterocycles. The van der Waals surface area contributed by atoms with E-state index in [1.165, 1.54) is 0 Å². The Balaban J connectivity index is 1.37. The van der Waals surface area contributed by atoms with Crippen LogP contribution in [0.5, 0.6) is 0 Å². The molecular weight excluding hydrogens is 420 g/mol. The van der Waals surface area contributed by atoms with Crippen molar-refractivity contribution >= 4 is 18.0 Å². The van der Waals surface area contributed by atoms with Crippen LogP contribution in [0.3, 0.4) is 0 Å². The van der Waals surface area contributed by atoms with Crippen LogP contribution < -0.4 is 10.6 Å². The third kappa shape index (κ3) is 4.72. The highest BCUT2D eigenvalue weighted by Gasteiger charge is 2.37. The van der Waals surface area contributed by atoms with Gasteiger partial charge in [-0.15, -0.1) is 0 Å². The van der Waals surface area contributed by atoms with Gasteiger partial charge in [0.05, 0.1) is 5.92 Å². The van der Waals surface area contributed by atoms with Crippen molar-refractivity contribution in [1.82, 2.24) is 10.6 Å². The number of alkyl carbamates (subject to hydrolysis) is 1. The predicted molar refractivity (Wildman–Crippen MR) is 124 cm³/mol. The van der Waals surface area contributed by atoms with Crippen LogP contribution in [0.25, 0.3) is 11.1 Å². The fraction of sp³-hybridized carbons (Fsp3) is 0.423. The zero-order valence-corrected chi connectivity index (χ0v) is 18.9. The minimum absolute atomic E-state index is 0.0341. The maximum absolute atomic E-state index is 12.7. The molecule has 0 spiro atoms. The molecule has 7 nitrogen and oxygen atoms in total. The first-order valence-corrected chi connectivity index (χ1v) is 11.5. The predicted octanol–water partition coefficient (Wildman–Crippen LogP) is 3.92. The van der Waals surface area contributed by atoms with Crippen LogP contribution in [0, 0.1) is 11.8 Å². The van der Waals surface area contributed by atoms with E-state index in [-0.39, 0.29) is 30.4 Å². The Morgan fingerprint density at radius 2 is 1.61 bits per heavy atom. The van der Waals surface area contributed by atoms with Crippen LogP contribution in [0.1, 0.15) is 50.2 Å². The Hall–Kier alpha value is -3.35. The first-order chi connectivity index (χ1) is 15.9. The molecule has 0 radical (unpaired) electrons. The number of carboxylic acid groups (broad SMARTS) is 1. The number of aliphatic carboxylic acids is 1. The molecule has 3 atom stereocenters. The first-order valence-electron chi connectivity index (χ1n) is 11.5. The Morgan fingerprint density at radius 3 is 2.18 bits per heavy atom. The van der Waals surface area contributed by atoms with E-state index in [2.05, 4.69) is 34.9 Å². The van der Waals surface area contributed by atoms with Gasteiger partial charge in [0, 0.05) is 12.0 Å². The number of carbonyl (C=O) groups excluding carboxylic acids is 2. The number of hydrogen-bond donors (Lipinski definition) is 3. The van der Waals surface area contributed by atoms with Gasteiger partial charge in [0.15, 0.2) is 0 Å². The van der Waals surface area contributed by atoms with Gasteiger partial charge < -0.3 is 20.5 Å². The molecule has 7 heteroatoms. The lowest BCUT2D eigenvalue weighted by molar-refractivity contribution is -0.143. The van der Waals surface area contributed by atoms with Crippen molar-refractivity contribution in [2.24, 2.45) is 11.8 Å². The number of amides is 2. The molecule has 4 rings (SSSR count). The van der Waals surface area contributed by atoms with Crippen LogP contribution >= 0.6 is 0 Å². The Kier molecular flexibility index (Phi) is 6.67. The van der Waals surface area contributed by atoms with Gasteiger partial charge in [0.1, 0.15) is 12.6 Å². The summed E-state index contributed by atoms with van der Waals surface area (Å²) in [5.74, 6) is -2.13. The van der Waals surface area contributed by atoms with E-state index in [9.17, 15) is 19.5 Å². The summed E-state index contributed by atoms with van der Waals surface area (Å²) in [6.07, 6.45) is 1.48. The highest BCUT2D eigenvalue weighted by atomic mass is 16.5. The molecule has 2 aliphatic rings. The maximum Gasteiger partial charge on any atom is 0.407 e. The van der Waals surface area contributed by atoms with Gasteiger partial charge in [-0.3, -0.25) is 4.79 Å². The summed E-state index contributed by atoms with van der Waals surface area (Å²) in [6.45, 7) is 3.71. The molecule has 1 saturated carbocycles. The fourth-order valence-corrected chi connectivity index (χ4v) is 5.01. The molecule has 2 amide bonds. The molecular formula is C26H30N2O5. The van der Waals surface area contributed by atoms with E-state index < -0.39 is 24.0 Å². The Labute approximate surface area is 193 Å². The maximum atomic E-state index is 12.7. The smallest absolute Gasteiger partial charge is 0.407 e. The average molecular weight is 451 g/mol. The molecule has 2 aromatic carbocycles. The van der Waals surface area contributed by atoms with Crippen molar-refractivity contribution in [2.45, 2.75) is 51.1 Å². The van der Waals surface area contributed by atoms with Gasteiger partial charge >= 0.3 is 12.1 Å². The lowest BCUT2D eigenvalue weighted by Crippen LogP contribution is -2.50. The van der Waals surface area contributed by atoms with E-state index in [4.69, 9.17) is 4.74 Å². The highest BCUT2D eigenvalue weighted by molar-refractivity contribution is 5.86. The summed E-state index contributed by atoms with van der Waals surface area (Å²) >= 11 is 0. The number of carbonyl (C=O) groups is 3. The van der Waals surface area contributed by atoms with Crippen LogP contribution in [0.15, 0.2) is 48.5 Å². The Bertz CT molecular complexity index is 1000. The standard InChI is InChI=1S/C26H30N2O5/c1-15(2)23(25(30)31)28-24(29)20-12-7-13-22(20)27-26(32)33-14-21-18-10-5-3-8-16(18)17-9-4-6-11-19(17)21/h3-6,8-11,15,20-23H,7,12-14H2,1-2H3,(H,27,32)(H,28,29)(H,30,31)/t20-,22+,23-/m1/s1. The monoisotopic (exact) mass is 450 g/mol. The lowest BCUT2D eigenvalue weighted by atomic mass is 9.98. The van der Waals surface area contributed by atoms with Crippen molar-refractivity contribution in [3.63, 3.8) is 0 Å². The van der Waals surface area contributed by atoms with Crippen molar-refractivity contribution in [2.75, 3.05) is 6.61 Å².